The van der Waals surface area contributed by atoms with E-state index in [0.29, 0.717) is 13.1 Å². The number of hydrogen-bond acceptors (Lipinski definition) is 4. The van der Waals surface area contributed by atoms with Crippen molar-refractivity contribution in [1.82, 2.24) is 9.80 Å². The van der Waals surface area contributed by atoms with Gasteiger partial charge in [-0.2, -0.15) is 0 Å². The molecule has 0 bridgehead atoms. The van der Waals surface area contributed by atoms with Crippen LogP contribution in [-0.4, -0.2) is 54.5 Å². The van der Waals surface area contributed by atoms with Gasteiger partial charge in [-0.1, -0.05) is 12.1 Å². The van der Waals surface area contributed by atoms with Crippen LogP contribution in [0.15, 0.2) is 24.3 Å². The van der Waals surface area contributed by atoms with Gasteiger partial charge in [0, 0.05) is 31.7 Å². The molecule has 1 aliphatic heterocycles. The molecule has 0 aromatic heterocycles. The Balaban J connectivity index is 1.96. The van der Waals surface area contributed by atoms with Crippen molar-refractivity contribution in [3.63, 3.8) is 0 Å². The van der Waals surface area contributed by atoms with E-state index in [9.17, 15) is 4.79 Å². The van der Waals surface area contributed by atoms with Crippen molar-refractivity contribution in [1.29, 1.82) is 0 Å². The van der Waals surface area contributed by atoms with Crippen molar-refractivity contribution >= 4 is 5.91 Å². The molecule has 5 heteroatoms. The summed E-state index contributed by atoms with van der Waals surface area (Å²) in [6, 6.07) is 7.89. The van der Waals surface area contributed by atoms with Crippen LogP contribution in [0.4, 0.5) is 0 Å². The Bertz CT molecular complexity index is 494. The summed E-state index contributed by atoms with van der Waals surface area (Å²) < 4.78 is 5.16. The molecule has 2 rings (SSSR count). The number of carbonyl (C=O) groups is 1. The van der Waals surface area contributed by atoms with Gasteiger partial charge in [0.15, 0.2) is 0 Å². The standard InChI is InChI=1S/C17H27N3O2/c1-17(2,18)13-19-9-4-10-20(16(21)12-19)11-14-5-7-15(22-3)8-6-14/h5-8H,4,9-13,18H2,1-3H3. The number of amides is 1. The van der Waals surface area contributed by atoms with Crippen molar-refractivity contribution in [2.24, 2.45) is 5.73 Å². The minimum absolute atomic E-state index is 0.178. The molecule has 0 atom stereocenters. The van der Waals surface area contributed by atoms with Crippen molar-refractivity contribution in [3.05, 3.63) is 29.8 Å². The fourth-order valence-electron chi connectivity index (χ4n) is 2.81. The lowest BCUT2D eigenvalue weighted by molar-refractivity contribution is -0.131. The van der Waals surface area contributed by atoms with Gasteiger partial charge in [0.2, 0.25) is 5.91 Å². The Morgan fingerprint density at radius 2 is 1.91 bits per heavy atom. The van der Waals surface area contributed by atoms with E-state index in [1.807, 2.05) is 43.0 Å². The molecule has 122 valence electrons. The number of hydrogen-bond donors (Lipinski definition) is 1. The zero-order valence-corrected chi connectivity index (χ0v) is 13.8. The molecule has 0 saturated carbocycles. The number of benzene rings is 1. The van der Waals surface area contributed by atoms with Gasteiger partial charge in [0.1, 0.15) is 5.75 Å². The molecular formula is C17H27N3O2. The second-order valence-electron chi connectivity index (χ2n) is 6.72. The highest BCUT2D eigenvalue weighted by molar-refractivity contribution is 5.78. The van der Waals surface area contributed by atoms with Gasteiger partial charge in [0.05, 0.1) is 13.7 Å². The number of nitrogens with two attached hydrogens (primary N) is 1. The Kier molecular flexibility index (Phi) is 5.42. The van der Waals surface area contributed by atoms with Gasteiger partial charge in [-0.05, 0) is 38.0 Å². The highest BCUT2D eigenvalue weighted by Crippen LogP contribution is 2.15. The van der Waals surface area contributed by atoms with Crippen LogP contribution >= 0.6 is 0 Å². The summed E-state index contributed by atoms with van der Waals surface area (Å²) in [4.78, 5) is 16.6. The summed E-state index contributed by atoms with van der Waals surface area (Å²) in [6.45, 7) is 7.57. The molecule has 1 aromatic rings. The second-order valence-corrected chi connectivity index (χ2v) is 6.72. The lowest BCUT2D eigenvalue weighted by atomic mass is 10.1. The van der Waals surface area contributed by atoms with Crippen LogP contribution < -0.4 is 10.5 Å². The van der Waals surface area contributed by atoms with Gasteiger partial charge in [-0.15, -0.1) is 0 Å². The third-order valence-electron chi connectivity index (χ3n) is 3.78. The van der Waals surface area contributed by atoms with Crippen LogP contribution in [-0.2, 0) is 11.3 Å². The number of rotatable bonds is 5. The maximum absolute atomic E-state index is 12.5. The molecule has 2 N–H and O–H groups in total. The zero-order chi connectivity index (χ0) is 16.2. The Hall–Kier alpha value is -1.59. The monoisotopic (exact) mass is 305 g/mol. The van der Waals surface area contributed by atoms with Crippen LogP contribution in [0, 0.1) is 0 Å². The molecule has 0 unspecified atom stereocenters. The summed E-state index contributed by atoms with van der Waals surface area (Å²) in [5, 5.41) is 0. The topological polar surface area (TPSA) is 58.8 Å². The summed E-state index contributed by atoms with van der Waals surface area (Å²) in [7, 11) is 1.65. The van der Waals surface area contributed by atoms with E-state index >= 15 is 0 Å². The number of nitrogens with zero attached hydrogens (tertiary/aromatic N) is 2. The number of ether oxygens (including phenoxy) is 1. The first-order chi connectivity index (χ1) is 10.4. The molecule has 22 heavy (non-hydrogen) atoms. The molecule has 1 aliphatic rings. The van der Waals surface area contributed by atoms with Gasteiger partial charge in [-0.3, -0.25) is 9.69 Å². The van der Waals surface area contributed by atoms with Gasteiger partial charge >= 0.3 is 0 Å². The molecule has 1 amide bonds. The first-order valence-corrected chi connectivity index (χ1v) is 7.79. The minimum atomic E-state index is -0.272. The lowest BCUT2D eigenvalue weighted by Gasteiger charge is -2.28. The van der Waals surface area contributed by atoms with Crippen molar-refractivity contribution < 1.29 is 9.53 Å². The average Bonchev–Trinajstić information content (AvgIpc) is 2.60. The molecule has 1 heterocycles. The normalized spacial score (nSPS) is 17.5. The molecule has 1 aromatic carbocycles. The van der Waals surface area contributed by atoms with E-state index in [0.717, 1.165) is 37.4 Å². The van der Waals surface area contributed by atoms with E-state index in [4.69, 9.17) is 10.5 Å². The summed E-state index contributed by atoms with van der Waals surface area (Å²) in [5.41, 5.74) is 6.92. The Morgan fingerprint density at radius 1 is 1.23 bits per heavy atom. The maximum atomic E-state index is 12.5. The fraction of sp³-hybridized carbons (Fsp3) is 0.588. The van der Waals surface area contributed by atoms with E-state index < -0.39 is 0 Å². The Labute approximate surface area is 133 Å². The van der Waals surface area contributed by atoms with Crippen LogP contribution in [0.2, 0.25) is 0 Å². The predicted octanol–water partition coefficient (Wildman–Crippen LogP) is 1.47. The summed E-state index contributed by atoms with van der Waals surface area (Å²) in [6.07, 6.45) is 0.984. The third-order valence-corrected chi connectivity index (χ3v) is 3.78. The lowest BCUT2D eigenvalue weighted by Crippen LogP contribution is -2.47. The van der Waals surface area contributed by atoms with Crippen molar-refractivity contribution in [3.8, 4) is 5.75 Å². The minimum Gasteiger partial charge on any atom is -0.497 e. The third kappa shape index (κ3) is 5.00. The van der Waals surface area contributed by atoms with E-state index in [1.165, 1.54) is 0 Å². The van der Waals surface area contributed by atoms with E-state index in [1.54, 1.807) is 7.11 Å². The molecule has 5 nitrogen and oxygen atoms in total. The van der Waals surface area contributed by atoms with E-state index in [2.05, 4.69) is 4.90 Å². The second kappa shape index (κ2) is 7.11. The van der Waals surface area contributed by atoms with Crippen molar-refractivity contribution in [2.75, 3.05) is 33.3 Å². The van der Waals surface area contributed by atoms with Crippen LogP contribution in [0.5, 0.6) is 5.75 Å². The zero-order valence-electron chi connectivity index (χ0n) is 13.8. The SMILES string of the molecule is COc1ccc(CN2CCCN(CC(C)(C)N)CC2=O)cc1. The van der Waals surface area contributed by atoms with Gasteiger partial charge < -0.3 is 15.4 Å². The maximum Gasteiger partial charge on any atom is 0.237 e. The van der Waals surface area contributed by atoms with Crippen LogP contribution in [0.3, 0.4) is 0 Å². The van der Waals surface area contributed by atoms with Crippen molar-refractivity contribution in [2.45, 2.75) is 32.4 Å². The van der Waals surface area contributed by atoms with Gasteiger partial charge in [0.25, 0.3) is 0 Å². The van der Waals surface area contributed by atoms with Crippen LogP contribution in [0.25, 0.3) is 0 Å². The fourth-order valence-corrected chi connectivity index (χ4v) is 2.81. The quantitative estimate of drug-likeness (QED) is 0.895. The highest BCUT2D eigenvalue weighted by atomic mass is 16.5. The summed E-state index contributed by atoms with van der Waals surface area (Å²) in [5.74, 6) is 1.01. The van der Waals surface area contributed by atoms with Gasteiger partial charge in [-0.25, -0.2) is 0 Å². The smallest absolute Gasteiger partial charge is 0.237 e. The summed E-state index contributed by atoms with van der Waals surface area (Å²) >= 11 is 0. The molecule has 1 fully saturated rings. The number of methoxy groups -OCH3 is 1. The molecular weight excluding hydrogens is 278 g/mol. The molecule has 0 aliphatic carbocycles. The Morgan fingerprint density at radius 3 is 2.50 bits per heavy atom. The molecule has 0 spiro atoms. The highest BCUT2D eigenvalue weighted by Gasteiger charge is 2.24. The average molecular weight is 305 g/mol. The molecule has 0 radical (unpaired) electrons. The molecule has 1 saturated heterocycles. The van der Waals surface area contributed by atoms with E-state index in [-0.39, 0.29) is 11.4 Å². The first-order valence-electron chi connectivity index (χ1n) is 7.79. The first kappa shape index (κ1) is 16.8. The van der Waals surface area contributed by atoms with Crippen LogP contribution in [0.1, 0.15) is 25.8 Å². The predicted molar refractivity (Wildman–Crippen MR) is 87.7 cm³/mol. The number of carbonyl (C=O) groups excluding carboxylic acids is 1. The largest absolute Gasteiger partial charge is 0.497 e.